The molecule has 0 saturated heterocycles. The molecule has 0 radical (unpaired) electrons. The minimum Gasteiger partial charge on any atom is -0.406 e. The van der Waals surface area contributed by atoms with Crippen LogP contribution < -0.4 is 5.73 Å². The molecule has 66 valence electrons. The second-order valence-electron chi connectivity index (χ2n) is 2.68. The van der Waals surface area contributed by atoms with Gasteiger partial charge in [0, 0.05) is 12.5 Å². The van der Waals surface area contributed by atoms with Gasteiger partial charge >= 0.3 is 5.88 Å². The third-order valence-electron chi connectivity index (χ3n) is 1.35. The Balaban J connectivity index is 2.71. The number of nitrogens with two attached hydrogens (primary N) is 1. The maximum absolute atomic E-state index is 10.2. The highest BCUT2D eigenvalue weighted by Gasteiger charge is 2.12. The zero-order valence-corrected chi connectivity index (χ0v) is 6.69. The van der Waals surface area contributed by atoms with Gasteiger partial charge in [0.25, 0.3) is 0 Å². The number of hydrogen-bond acceptors (Lipinski definition) is 4. The molecule has 0 saturated carbocycles. The zero-order chi connectivity index (χ0) is 9.14. The van der Waals surface area contributed by atoms with Gasteiger partial charge in [-0.25, -0.2) is 0 Å². The van der Waals surface area contributed by atoms with Gasteiger partial charge in [-0.1, -0.05) is 0 Å². The Morgan fingerprint density at radius 1 is 1.75 bits per heavy atom. The Bertz CT molecular complexity index is 280. The SMILES string of the molecule is CC(N)Cc1ccc([N+](=O)[O-])o1. The zero-order valence-electron chi connectivity index (χ0n) is 6.69. The Kier molecular flexibility index (Phi) is 2.44. The molecule has 5 heteroatoms. The van der Waals surface area contributed by atoms with Crippen molar-refractivity contribution in [1.82, 2.24) is 0 Å². The summed E-state index contributed by atoms with van der Waals surface area (Å²) in [6.07, 6.45) is 0.522. The molecule has 12 heavy (non-hydrogen) atoms. The van der Waals surface area contributed by atoms with Crippen molar-refractivity contribution in [3.05, 3.63) is 28.0 Å². The van der Waals surface area contributed by atoms with Crippen LogP contribution in [0.25, 0.3) is 0 Å². The third kappa shape index (κ3) is 2.06. The maximum Gasteiger partial charge on any atom is 0.433 e. The van der Waals surface area contributed by atoms with E-state index in [-0.39, 0.29) is 11.9 Å². The van der Waals surface area contributed by atoms with E-state index < -0.39 is 4.92 Å². The van der Waals surface area contributed by atoms with E-state index in [2.05, 4.69) is 0 Å². The van der Waals surface area contributed by atoms with Crippen LogP contribution in [0.2, 0.25) is 0 Å². The lowest BCUT2D eigenvalue weighted by atomic mass is 10.2. The quantitative estimate of drug-likeness (QED) is 0.543. The predicted octanol–water partition coefficient (Wildman–Crippen LogP) is 1.08. The van der Waals surface area contributed by atoms with Crippen molar-refractivity contribution in [3.63, 3.8) is 0 Å². The maximum atomic E-state index is 10.2. The molecule has 0 fully saturated rings. The Morgan fingerprint density at radius 2 is 2.42 bits per heavy atom. The van der Waals surface area contributed by atoms with E-state index in [1.165, 1.54) is 6.07 Å². The van der Waals surface area contributed by atoms with Crippen molar-refractivity contribution >= 4 is 5.88 Å². The molecule has 5 nitrogen and oxygen atoms in total. The first-order valence-corrected chi connectivity index (χ1v) is 3.58. The van der Waals surface area contributed by atoms with Crippen LogP contribution in [0.15, 0.2) is 16.5 Å². The standard InChI is InChI=1S/C7H10N2O3/c1-5(8)4-6-2-3-7(12-6)9(10)11/h2-3,5H,4,8H2,1H3. The average molecular weight is 170 g/mol. The molecular formula is C7H10N2O3. The first kappa shape index (κ1) is 8.73. The second-order valence-corrected chi connectivity index (χ2v) is 2.68. The van der Waals surface area contributed by atoms with E-state index in [1.807, 2.05) is 6.92 Å². The lowest BCUT2D eigenvalue weighted by Crippen LogP contribution is -2.17. The number of nitro groups is 1. The number of rotatable bonds is 3. The van der Waals surface area contributed by atoms with Crippen LogP contribution >= 0.6 is 0 Å². The molecule has 1 aromatic rings. The van der Waals surface area contributed by atoms with Gasteiger partial charge in [0.15, 0.2) is 0 Å². The van der Waals surface area contributed by atoms with Crippen LogP contribution in [0.5, 0.6) is 0 Å². The fourth-order valence-corrected chi connectivity index (χ4v) is 0.892. The summed E-state index contributed by atoms with van der Waals surface area (Å²) in [6, 6.07) is 2.86. The van der Waals surface area contributed by atoms with Crippen LogP contribution in [0.3, 0.4) is 0 Å². The van der Waals surface area contributed by atoms with E-state index in [4.69, 9.17) is 10.2 Å². The van der Waals surface area contributed by atoms with Crippen LogP contribution in [0.1, 0.15) is 12.7 Å². The highest BCUT2D eigenvalue weighted by Crippen LogP contribution is 2.16. The van der Waals surface area contributed by atoms with E-state index in [0.717, 1.165) is 0 Å². The summed E-state index contributed by atoms with van der Waals surface area (Å²) in [6.45, 7) is 1.81. The van der Waals surface area contributed by atoms with Gasteiger partial charge in [-0.3, -0.25) is 10.1 Å². The van der Waals surface area contributed by atoms with Crippen molar-refractivity contribution in [3.8, 4) is 0 Å². The van der Waals surface area contributed by atoms with Gasteiger partial charge in [0.2, 0.25) is 0 Å². The first-order chi connectivity index (χ1) is 5.59. The molecular weight excluding hydrogens is 160 g/mol. The van der Waals surface area contributed by atoms with E-state index >= 15 is 0 Å². The van der Waals surface area contributed by atoms with Crippen molar-refractivity contribution < 1.29 is 9.34 Å². The van der Waals surface area contributed by atoms with Gasteiger partial charge in [-0.15, -0.1) is 0 Å². The summed E-state index contributed by atoms with van der Waals surface area (Å²) in [5.41, 5.74) is 5.48. The van der Waals surface area contributed by atoms with Crippen molar-refractivity contribution in [1.29, 1.82) is 0 Å². The van der Waals surface area contributed by atoms with Crippen molar-refractivity contribution in [2.45, 2.75) is 19.4 Å². The molecule has 2 N–H and O–H groups in total. The summed E-state index contributed by atoms with van der Waals surface area (Å²) in [7, 11) is 0. The summed E-state index contributed by atoms with van der Waals surface area (Å²) in [4.78, 5) is 9.62. The molecule has 0 amide bonds. The molecule has 1 aromatic heterocycles. The molecule has 0 spiro atoms. The Morgan fingerprint density at radius 3 is 2.83 bits per heavy atom. The highest BCUT2D eigenvalue weighted by molar-refractivity contribution is 5.18. The topological polar surface area (TPSA) is 82.3 Å². The molecule has 1 heterocycles. The van der Waals surface area contributed by atoms with Crippen molar-refractivity contribution in [2.24, 2.45) is 5.73 Å². The molecule has 0 aliphatic carbocycles. The predicted molar refractivity (Wildman–Crippen MR) is 42.7 cm³/mol. The summed E-state index contributed by atoms with van der Waals surface area (Å²) < 4.78 is 4.88. The number of nitrogens with zero attached hydrogens (tertiary/aromatic N) is 1. The fraction of sp³-hybridized carbons (Fsp3) is 0.429. The van der Waals surface area contributed by atoms with Gasteiger partial charge in [0.1, 0.15) is 10.7 Å². The minimum atomic E-state index is -0.565. The van der Waals surface area contributed by atoms with Gasteiger partial charge in [-0.2, -0.15) is 0 Å². The third-order valence-corrected chi connectivity index (χ3v) is 1.35. The lowest BCUT2D eigenvalue weighted by Gasteiger charge is -1.98. The molecule has 1 unspecified atom stereocenters. The number of furan rings is 1. The normalized spacial score (nSPS) is 12.8. The van der Waals surface area contributed by atoms with E-state index in [9.17, 15) is 10.1 Å². The minimum absolute atomic E-state index is 0.0456. The monoisotopic (exact) mass is 170 g/mol. The molecule has 1 rings (SSSR count). The van der Waals surface area contributed by atoms with Crippen molar-refractivity contribution in [2.75, 3.05) is 0 Å². The lowest BCUT2D eigenvalue weighted by molar-refractivity contribution is -0.402. The average Bonchev–Trinajstić information content (AvgIpc) is 2.34. The van der Waals surface area contributed by atoms with Gasteiger partial charge in [0.05, 0.1) is 6.07 Å². The van der Waals surface area contributed by atoms with Gasteiger partial charge < -0.3 is 10.2 Å². The molecule has 0 aromatic carbocycles. The van der Waals surface area contributed by atoms with Crippen LogP contribution in [-0.4, -0.2) is 11.0 Å². The highest BCUT2D eigenvalue weighted by atomic mass is 16.6. The Labute approximate surface area is 69.3 Å². The molecule has 0 aliphatic heterocycles. The Hall–Kier alpha value is -1.36. The van der Waals surface area contributed by atoms with Crippen LogP contribution in [0, 0.1) is 10.1 Å². The summed E-state index contributed by atoms with van der Waals surface area (Å²) in [5.74, 6) is 0.322. The molecule has 1 atom stereocenters. The van der Waals surface area contributed by atoms with Crippen LogP contribution in [0.4, 0.5) is 5.88 Å². The second kappa shape index (κ2) is 3.36. The summed E-state index contributed by atoms with van der Waals surface area (Å²) >= 11 is 0. The largest absolute Gasteiger partial charge is 0.433 e. The summed E-state index contributed by atoms with van der Waals surface area (Å²) in [5, 5.41) is 10.2. The smallest absolute Gasteiger partial charge is 0.406 e. The number of hydrogen-bond donors (Lipinski definition) is 1. The molecule has 0 bridgehead atoms. The molecule has 0 aliphatic rings. The van der Waals surface area contributed by atoms with Gasteiger partial charge in [-0.05, 0) is 13.0 Å². The van der Waals surface area contributed by atoms with E-state index in [0.29, 0.717) is 12.2 Å². The van der Waals surface area contributed by atoms with E-state index in [1.54, 1.807) is 6.07 Å². The first-order valence-electron chi connectivity index (χ1n) is 3.58. The fourth-order valence-electron chi connectivity index (χ4n) is 0.892. The van der Waals surface area contributed by atoms with Crippen LogP contribution in [-0.2, 0) is 6.42 Å².